The van der Waals surface area contributed by atoms with Gasteiger partial charge in [-0.25, -0.2) is 0 Å². The lowest BCUT2D eigenvalue weighted by Gasteiger charge is -2.34. The summed E-state index contributed by atoms with van der Waals surface area (Å²) in [6, 6.07) is 12.6. The predicted molar refractivity (Wildman–Crippen MR) is 146 cm³/mol. The largest absolute Gasteiger partial charge is 0.493 e. The Bertz CT molecular complexity index is 1080. The van der Waals surface area contributed by atoms with Gasteiger partial charge in [-0.2, -0.15) is 0 Å². The Balaban J connectivity index is 1.46. The number of rotatable bonds is 11. The number of carbonyl (C=O) groups is 2. The molecule has 0 spiro atoms. The lowest BCUT2D eigenvalue weighted by Crippen LogP contribution is -2.33. The van der Waals surface area contributed by atoms with Crippen molar-refractivity contribution in [2.45, 2.75) is 71.4 Å². The minimum absolute atomic E-state index is 0.126. The van der Waals surface area contributed by atoms with E-state index < -0.39 is 0 Å². The summed E-state index contributed by atoms with van der Waals surface area (Å²) in [5.41, 5.74) is 3.53. The van der Waals surface area contributed by atoms with Crippen LogP contribution in [0, 0.1) is 12.8 Å². The Kier molecular flexibility index (Phi) is 9.49. The number of aryl methyl sites for hydroxylation is 1. The minimum atomic E-state index is -0.126. The fraction of sp³-hybridized carbons (Fsp3) is 0.533. The van der Waals surface area contributed by atoms with E-state index >= 15 is 0 Å². The van der Waals surface area contributed by atoms with E-state index in [9.17, 15) is 9.59 Å². The number of nitrogens with zero attached hydrogens (tertiary/aromatic N) is 2. The van der Waals surface area contributed by atoms with Crippen molar-refractivity contribution < 1.29 is 19.1 Å². The molecule has 2 aromatic carbocycles. The molecule has 1 aliphatic carbocycles. The van der Waals surface area contributed by atoms with Crippen LogP contribution in [0.15, 0.2) is 36.4 Å². The quantitative estimate of drug-likeness (QED) is 0.320. The molecule has 0 bridgehead atoms. The van der Waals surface area contributed by atoms with Crippen LogP contribution in [0.2, 0.25) is 5.02 Å². The van der Waals surface area contributed by atoms with E-state index in [1.165, 1.54) is 42.6 Å². The highest BCUT2D eigenvalue weighted by Crippen LogP contribution is 2.33. The third-order valence-electron chi connectivity index (χ3n) is 7.77. The van der Waals surface area contributed by atoms with Crippen molar-refractivity contribution in [1.82, 2.24) is 9.80 Å². The molecular formula is C30H39ClN2O4. The first-order valence-corrected chi connectivity index (χ1v) is 13.9. The van der Waals surface area contributed by atoms with Gasteiger partial charge in [0.05, 0.1) is 13.7 Å². The molecule has 2 fully saturated rings. The van der Waals surface area contributed by atoms with Gasteiger partial charge in [0.1, 0.15) is 6.61 Å². The van der Waals surface area contributed by atoms with Gasteiger partial charge >= 0.3 is 0 Å². The minimum Gasteiger partial charge on any atom is -0.493 e. The number of amides is 2. The highest BCUT2D eigenvalue weighted by Gasteiger charge is 2.28. The Morgan fingerprint density at radius 2 is 1.76 bits per heavy atom. The molecule has 200 valence electrons. The van der Waals surface area contributed by atoms with Gasteiger partial charge in [0.2, 0.25) is 11.8 Å². The van der Waals surface area contributed by atoms with Gasteiger partial charge in [-0.3, -0.25) is 19.4 Å². The van der Waals surface area contributed by atoms with E-state index in [4.69, 9.17) is 21.1 Å². The first-order chi connectivity index (χ1) is 17.9. The molecule has 1 heterocycles. The summed E-state index contributed by atoms with van der Waals surface area (Å²) in [5, 5.41) is 0.800. The van der Waals surface area contributed by atoms with Crippen molar-refractivity contribution in [2.24, 2.45) is 5.92 Å². The maximum Gasteiger partial charge on any atom is 0.229 e. The van der Waals surface area contributed by atoms with E-state index in [1.807, 2.05) is 18.2 Å². The van der Waals surface area contributed by atoms with Crippen LogP contribution < -0.4 is 9.47 Å². The third-order valence-corrected chi connectivity index (χ3v) is 8.19. The molecule has 37 heavy (non-hydrogen) atoms. The van der Waals surface area contributed by atoms with Crippen LogP contribution in [0.5, 0.6) is 11.5 Å². The summed E-state index contributed by atoms with van der Waals surface area (Å²) in [6.45, 7) is 6.70. The van der Waals surface area contributed by atoms with Crippen LogP contribution in [-0.4, -0.2) is 48.4 Å². The summed E-state index contributed by atoms with van der Waals surface area (Å²) in [4.78, 5) is 27.5. The van der Waals surface area contributed by atoms with Crippen LogP contribution in [0.1, 0.15) is 74.6 Å². The number of hydrogen-bond acceptors (Lipinski definition) is 5. The predicted octanol–water partition coefficient (Wildman–Crippen LogP) is 6.33. The maximum absolute atomic E-state index is 11.8. The van der Waals surface area contributed by atoms with Crippen molar-refractivity contribution in [3.63, 3.8) is 0 Å². The number of ether oxygens (including phenoxy) is 2. The number of likely N-dealkylation sites (tertiary alicyclic amines) is 1. The van der Waals surface area contributed by atoms with Crippen LogP contribution >= 0.6 is 11.6 Å². The molecule has 1 saturated carbocycles. The molecule has 0 aromatic heterocycles. The lowest BCUT2D eigenvalue weighted by atomic mass is 9.88. The van der Waals surface area contributed by atoms with E-state index in [0.717, 1.165) is 29.2 Å². The topological polar surface area (TPSA) is 59.1 Å². The molecule has 1 atom stereocenters. The van der Waals surface area contributed by atoms with E-state index in [2.05, 4.69) is 36.9 Å². The zero-order valence-corrected chi connectivity index (χ0v) is 23.1. The molecule has 4 rings (SSSR count). The standard InChI is InChI=1S/C30H39ClN2O4/c1-21-17-25(10-11-26(21)31)22(2)32(19-23-7-5-4-6-8-23)20-24-9-12-27(28(18-24)36-3)37-16-15-33-29(34)13-14-30(33)35/h9-12,17-18,22-23H,4-8,13-16,19-20H2,1-3H3/t22-/m0/s1. The smallest absolute Gasteiger partial charge is 0.229 e. The van der Waals surface area contributed by atoms with Crippen LogP contribution in [0.3, 0.4) is 0 Å². The number of benzene rings is 2. The molecule has 2 aromatic rings. The van der Waals surface area contributed by atoms with E-state index in [1.54, 1.807) is 7.11 Å². The molecule has 1 saturated heterocycles. The van der Waals surface area contributed by atoms with Gasteiger partial charge in [-0.05, 0) is 67.5 Å². The normalized spacial score (nSPS) is 17.5. The fourth-order valence-electron chi connectivity index (χ4n) is 5.48. The summed E-state index contributed by atoms with van der Waals surface area (Å²) in [7, 11) is 1.64. The highest BCUT2D eigenvalue weighted by atomic mass is 35.5. The number of imide groups is 1. The number of methoxy groups -OCH3 is 1. The lowest BCUT2D eigenvalue weighted by molar-refractivity contribution is -0.138. The third kappa shape index (κ3) is 7.05. The molecule has 6 nitrogen and oxygen atoms in total. The highest BCUT2D eigenvalue weighted by molar-refractivity contribution is 6.31. The summed E-state index contributed by atoms with van der Waals surface area (Å²) in [5.74, 6) is 1.73. The van der Waals surface area contributed by atoms with Gasteiger partial charge in [-0.15, -0.1) is 0 Å². The van der Waals surface area contributed by atoms with Crippen molar-refractivity contribution in [3.8, 4) is 11.5 Å². The first-order valence-electron chi connectivity index (χ1n) is 13.5. The van der Waals surface area contributed by atoms with Crippen LogP contribution in [0.25, 0.3) is 0 Å². The Morgan fingerprint density at radius 1 is 1.03 bits per heavy atom. The van der Waals surface area contributed by atoms with E-state index in [0.29, 0.717) is 30.3 Å². The molecule has 7 heteroatoms. The molecule has 2 aliphatic rings. The fourth-order valence-corrected chi connectivity index (χ4v) is 5.60. The molecular weight excluding hydrogens is 488 g/mol. The molecule has 2 amide bonds. The Labute approximate surface area is 225 Å². The monoisotopic (exact) mass is 526 g/mol. The van der Waals surface area contributed by atoms with Crippen molar-refractivity contribution in [3.05, 3.63) is 58.1 Å². The molecule has 0 radical (unpaired) electrons. The Morgan fingerprint density at radius 3 is 2.43 bits per heavy atom. The molecule has 0 unspecified atom stereocenters. The maximum atomic E-state index is 11.8. The van der Waals surface area contributed by atoms with Crippen molar-refractivity contribution in [2.75, 3.05) is 26.8 Å². The average molecular weight is 527 g/mol. The van der Waals surface area contributed by atoms with Gasteiger partial charge in [0.25, 0.3) is 0 Å². The van der Waals surface area contributed by atoms with Gasteiger partial charge in [0, 0.05) is 37.0 Å². The molecule has 0 N–H and O–H groups in total. The zero-order valence-electron chi connectivity index (χ0n) is 22.3. The number of hydrogen-bond donors (Lipinski definition) is 0. The summed E-state index contributed by atoms with van der Waals surface area (Å²) < 4.78 is 11.6. The molecule has 1 aliphatic heterocycles. The van der Waals surface area contributed by atoms with Crippen LogP contribution in [0.4, 0.5) is 0 Å². The van der Waals surface area contributed by atoms with Crippen LogP contribution in [-0.2, 0) is 16.1 Å². The van der Waals surface area contributed by atoms with Gasteiger partial charge in [0.15, 0.2) is 11.5 Å². The second kappa shape index (κ2) is 12.8. The Hall–Kier alpha value is -2.57. The number of halogens is 1. The average Bonchev–Trinajstić information content (AvgIpc) is 3.23. The van der Waals surface area contributed by atoms with Gasteiger partial charge < -0.3 is 9.47 Å². The summed E-state index contributed by atoms with van der Waals surface area (Å²) >= 11 is 6.31. The zero-order chi connectivity index (χ0) is 26.4. The number of carbonyl (C=O) groups excluding carboxylic acids is 2. The second-order valence-electron chi connectivity index (χ2n) is 10.4. The van der Waals surface area contributed by atoms with Gasteiger partial charge in [-0.1, -0.05) is 49.1 Å². The SMILES string of the molecule is COc1cc(CN(CC2CCCCC2)[C@@H](C)c2ccc(Cl)c(C)c2)ccc1OCCN1C(=O)CCC1=O. The first kappa shape index (κ1) is 27.5. The summed E-state index contributed by atoms with van der Waals surface area (Å²) in [6.07, 6.45) is 7.16. The second-order valence-corrected chi connectivity index (χ2v) is 10.8. The van der Waals surface area contributed by atoms with Crippen molar-refractivity contribution >= 4 is 23.4 Å². The van der Waals surface area contributed by atoms with E-state index in [-0.39, 0.29) is 31.0 Å². The van der Waals surface area contributed by atoms with Crippen molar-refractivity contribution in [1.29, 1.82) is 0 Å².